The Bertz CT molecular complexity index is 1030. The number of pyridine rings is 1. The fourth-order valence-electron chi connectivity index (χ4n) is 3.73. The van der Waals surface area contributed by atoms with Crippen molar-refractivity contribution in [2.45, 2.75) is 31.9 Å². The molecule has 31 heavy (non-hydrogen) atoms. The third-order valence-electron chi connectivity index (χ3n) is 4.90. The highest BCUT2D eigenvalue weighted by atomic mass is 19.4. The molecular weight excluding hydrogens is 409 g/mol. The van der Waals surface area contributed by atoms with Crippen LogP contribution in [0.1, 0.15) is 31.1 Å². The Morgan fingerprint density at radius 2 is 1.84 bits per heavy atom. The van der Waals surface area contributed by atoms with Crippen LogP contribution in [0.15, 0.2) is 77.8 Å². The van der Waals surface area contributed by atoms with E-state index in [1.165, 1.54) is 24.3 Å². The highest BCUT2D eigenvalue weighted by Gasteiger charge is 2.40. The zero-order valence-electron chi connectivity index (χ0n) is 16.9. The number of rotatable bonds is 5. The van der Waals surface area contributed by atoms with Gasteiger partial charge in [-0.1, -0.05) is 18.2 Å². The summed E-state index contributed by atoms with van der Waals surface area (Å²) in [5, 5.41) is 14.6. The van der Waals surface area contributed by atoms with Gasteiger partial charge in [-0.25, -0.2) is 10.0 Å². The van der Waals surface area contributed by atoms with Crippen molar-refractivity contribution in [1.82, 2.24) is 15.0 Å². The number of hydrogen-bond donors (Lipinski definition) is 1. The molecule has 0 unspecified atom stereocenters. The van der Waals surface area contributed by atoms with Crippen molar-refractivity contribution in [3.63, 3.8) is 0 Å². The summed E-state index contributed by atoms with van der Waals surface area (Å²) in [5.41, 5.74) is 0.911. The number of allylic oxidation sites excluding steroid dienone is 1. The van der Waals surface area contributed by atoms with E-state index >= 15 is 0 Å². The Balaban J connectivity index is 1.59. The maximum Gasteiger partial charge on any atom is 0.573 e. The van der Waals surface area contributed by atoms with E-state index in [1.807, 2.05) is 46.6 Å². The van der Waals surface area contributed by atoms with E-state index in [1.54, 1.807) is 20.0 Å². The van der Waals surface area contributed by atoms with Crippen LogP contribution in [-0.4, -0.2) is 44.3 Å². The first kappa shape index (κ1) is 21.1. The Morgan fingerprint density at radius 1 is 1.10 bits per heavy atom. The fourth-order valence-corrected chi connectivity index (χ4v) is 3.73. The second kappa shape index (κ2) is 7.82. The van der Waals surface area contributed by atoms with Crippen molar-refractivity contribution >= 4 is 5.71 Å². The van der Waals surface area contributed by atoms with Crippen LogP contribution in [0.3, 0.4) is 0 Å². The molecule has 1 N–H and O–H groups in total. The molecule has 1 atom stereocenters. The van der Waals surface area contributed by atoms with Crippen molar-refractivity contribution in [2.24, 2.45) is 4.99 Å². The van der Waals surface area contributed by atoms with Crippen LogP contribution in [0.4, 0.5) is 13.2 Å². The maximum absolute atomic E-state index is 12.5. The largest absolute Gasteiger partial charge is 0.573 e. The normalized spacial score (nSPS) is 17.8. The highest BCUT2D eigenvalue weighted by molar-refractivity contribution is 6.08. The number of alkyl halides is 3. The lowest BCUT2D eigenvalue weighted by Gasteiger charge is -2.42. The zero-order chi connectivity index (χ0) is 22.2. The Morgan fingerprint density at radius 3 is 2.45 bits per heavy atom. The van der Waals surface area contributed by atoms with Crippen LogP contribution in [0.2, 0.25) is 0 Å². The van der Waals surface area contributed by atoms with Gasteiger partial charge in [-0.15, -0.1) is 13.2 Å². The maximum atomic E-state index is 12.5. The molecule has 6 nitrogen and oxygen atoms in total. The average Bonchev–Trinajstić information content (AvgIpc) is 3.11. The highest BCUT2D eigenvalue weighted by Crippen LogP contribution is 2.38. The predicted octanol–water partition coefficient (Wildman–Crippen LogP) is 4.18. The number of fused-ring (bicyclic) bond motifs is 1. The molecule has 0 bridgehead atoms. The summed E-state index contributed by atoms with van der Waals surface area (Å²) in [7, 11) is 0. The minimum atomic E-state index is -4.76. The molecule has 0 spiro atoms. The van der Waals surface area contributed by atoms with Gasteiger partial charge in [0.2, 0.25) is 0 Å². The second-order valence-electron chi connectivity index (χ2n) is 7.73. The van der Waals surface area contributed by atoms with E-state index in [0.29, 0.717) is 17.9 Å². The molecule has 2 aliphatic heterocycles. The molecule has 0 saturated carbocycles. The number of hydrazine groups is 1. The van der Waals surface area contributed by atoms with Crippen molar-refractivity contribution in [1.29, 1.82) is 0 Å². The van der Waals surface area contributed by atoms with E-state index in [-0.39, 0.29) is 5.75 Å². The summed E-state index contributed by atoms with van der Waals surface area (Å²) in [6.45, 7) is 3.78. The monoisotopic (exact) mass is 430 g/mol. The summed E-state index contributed by atoms with van der Waals surface area (Å²) >= 11 is 0. The molecule has 1 aromatic carbocycles. The van der Waals surface area contributed by atoms with Crippen LogP contribution in [0.25, 0.3) is 0 Å². The molecule has 1 aromatic heterocycles. The SMILES string of the molecule is CC(C)(O)[C@H](c1ccc(OC(F)(F)F)cc1)N1CC=C2N=C(c3ccccn3)C=CN21. The lowest BCUT2D eigenvalue weighted by atomic mass is 9.91. The molecule has 9 heteroatoms. The molecule has 3 heterocycles. The molecule has 0 amide bonds. The molecule has 2 aromatic rings. The van der Waals surface area contributed by atoms with Gasteiger partial charge in [0.15, 0.2) is 0 Å². The number of halogens is 3. The molecule has 162 valence electrons. The molecule has 4 rings (SSSR count). The van der Waals surface area contributed by atoms with Crippen LogP contribution >= 0.6 is 0 Å². The molecule has 0 saturated heterocycles. The molecule has 0 radical (unpaired) electrons. The van der Waals surface area contributed by atoms with Gasteiger partial charge in [0.05, 0.1) is 23.0 Å². The number of aliphatic imine (C=N–C) groups is 1. The van der Waals surface area contributed by atoms with E-state index in [0.717, 1.165) is 11.4 Å². The predicted molar refractivity (Wildman–Crippen MR) is 109 cm³/mol. The lowest BCUT2D eigenvalue weighted by molar-refractivity contribution is -0.274. The van der Waals surface area contributed by atoms with E-state index in [9.17, 15) is 18.3 Å². The summed E-state index contributed by atoms with van der Waals surface area (Å²) in [4.78, 5) is 8.98. The number of hydrogen-bond acceptors (Lipinski definition) is 6. The van der Waals surface area contributed by atoms with Gasteiger partial charge in [0, 0.05) is 18.9 Å². The van der Waals surface area contributed by atoms with Crippen molar-refractivity contribution in [3.8, 4) is 5.75 Å². The Kier molecular flexibility index (Phi) is 5.32. The smallest absolute Gasteiger partial charge is 0.406 e. The third-order valence-corrected chi connectivity index (χ3v) is 4.90. The number of benzene rings is 1. The van der Waals surface area contributed by atoms with Crippen LogP contribution in [-0.2, 0) is 0 Å². The first-order valence-electron chi connectivity index (χ1n) is 9.64. The second-order valence-corrected chi connectivity index (χ2v) is 7.73. The molecule has 2 aliphatic rings. The van der Waals surface area contributed by atoms with E-state index in [2.05, 4.69) is 14.7 Å². The zero-order valence-corrected chi connectivity index (χ0v) is 16.9. The molecular formula is C22H21F3N4O2. The summed E-state index contributed by atoms with van der Waals surface area (Å²) in [5.74, 6) is 0.378. The first-order chi connectivity index (χ1) is 14.6. The van der Waals surface area contributed by atoms with Crippen molar-refractivity contribution in [2.75, 3.05) is 6.54 Å². The van der Waals surface area contributed by atoms with Crippen molar-refractivity contribution in [3.05, 3.63) is 84.1 Å². The van der Waals surface area contributed by atoms with Gasteiger partial charge in [-0.05, 0) is 55.8 Å². The van der Waals surface area contributed by atoms with Gasteiger partial charge in [-0.2, -0.15) is 0 Å². The van der Waals surface area contributed by atoms with Gasteiger partial charge in [0.1, 0.15) is 11.6 Å². The summed E-state index contributed by atoms with van der Waals surface area (Å²) in [6.07, 6.45) is 2.54. The van der Waals surface area contributed by atoms with Gasteiger partial charge >= 0.3 is 6.36 Å². The molecule has 0 fully saturated rings. The van der Waals surface area contributed by atoms with Crippen LogP contribution in [0, 0.1) is 0 Å². The third kappa shape index (κ3) is 4.62. The number of aromatic nitrogens is 1. The minimum absolute atomic E-state index is 0.312. The topological polar surface area (TPSA) is 61.2 Å². The number of aliphatic hydroxyl groups is 1. The Labute approximate surface area is 177 Å². The average molecular weight is 430 g/mol. The van der Waals surface area contributed by atoms with Gasteiger partial charge < -0.3 is 9.84 Å². The fraction of sp³-hybridized carbons (Fsp3) is 0.273. The minimum Gasteiger partial charge on any atom is -0.406 e. The number of ether oxygens (including phenoxy) is 1. The molecule has 0 aliphatic carbocycles. The van der Waals surface area contributed by atoms with E-state index < -0.39 is 18.0 Å². The van der Waals surface area contributed by atoms with Gasteiger partial charge in [-0.3, -0.25) is 9.99 Å². The summed E-state index contributed by atoms with van der Waals surface area (Å²) < 4.78 is 41.4. The summed E-state index contributed by atoms with van der Waals surface area (Å²) in [6, 6.07) is 10.6. The van der Waals surface area contributed by atoms with Gasteiger partial charge in [0.25, 0.3) is 0 Å². The standard InChI is InChI=1S/C22H21F3N4O2/c1-21(2,30)20(15-6-8-16(9-7-15)31-22(23,24)25)29-14-11-19-27-18(10-13-28(19)29)17-5-3-4-12-26-17/h3-13,20,30H,14H2,1-2H3/t20-/m0/s1. The van der Waals surface area contributed by atoms with E-state index in [4.69, 9.17) is 0 Å². The van der Waals surface area contributed by atoms with Crippen LogP contribution < -0.4 is 4.74 Å². The lowest BCUT2D eigenvalue weighted by Crippen LogP contribution is -2.47. The first-order valence-corrected chi connectivity index (χ1v) is 9.64. The number of nitrogens with zero attached hydrogens (tertiary/aromatic N) is 4. The Hall–Kier alpha value is -3.17. The van der Waals surface area contributed by atoms with Crippen LogP contribution in [0.5, 0.6) is 5.75 Å². The quantitative estimate of drug-likeness (QED) is 0.771. The van der Waals surface area contributed by atoms with Crippen molar-refractivity contribution < 1.29 is 23.0 Å².